The number of nitrogen functional groups attached to an aromatic ring is 1. The van der Waals surface area contributed by atoms with Gasteiger partial charge in [0.05, 0.1) is 14.2 Å². The van der Waals surface area contributed by atoms with Crippen LogP contribution in [0.3, 0.4) is 0 Å². The molecule has 1 aromatic heterocycles. The van der Waals surface area contributed by atoms with E-state index in [0.29, 0.717) is 35.4 Å². The van der Waals surface area contributed by atoms with E-state index >= 15 is 0 Å². The molecule has 0 aliphatic carbocycles. The molecule has 0 atom stereocenters. The predicted molar refractivity (Wildman–Crippen MR) is 82.0 cm³/mol. The van der Waals surface area contributed by atoms with Gasteiger partial charge in [-0.3, -0.25) is 0 Å². The average molecular weight is 289 g/mol. The first-order chi connectivity index (χ1) is 10.2. The number of nitrogens with zero attached hydrogens (tertiary/aromatic N) is 2. The lowest BCUT2D eigenvalue weighted by molar-refractivity contribution is 0.395. The number of hydrazine groups is 1. The summed E-state index contributed by atoms with van der Waals surface area (Å²) in [5, 5.41) is 3.20. The standard InChI is InChI=1S/C14H19N5O2/c1-4-12-17-13(8-14(18-12)19-15)16-9-5-10(20-2)7-11(6-9)21-3/h5-8H,4,15H2,1-3H3,(H2,16,17,18,19). The molecular weight excluding hydrogens is 270 g/mol. The van der Waals surface area contributed by atoms with Crippen molar-refractivity contribution in [3.05, 3.63) is 30.1 Å². The first-order valence-electron chi connectivity index (χ1n) is 6.53. The average Bonchev–Trinajstić information content (AvgIpc) is 2.53. The second-order valence-electron chi connectivity index (χ2n) is 4.28. The molecule has 1 aromatic carbocycles. The lowest BCUT2D eigenvalue weighted by Gasteiger charge is -2.11. The van der Waals surface area contributed by atoms with Crippen molar-refractivity contribution in [3.8, 4) is 11.5 Å². The highest BCUT2D eigenvalue weighted by Gasteiger charge is 2.06. The number of methoxy groups -OCH3 is 2. The van der Waals surface area contributed by atoms with Crippen molar-refractivity contribution in [2.24, 2.45) is 5.84 Å². The predicted octanol–water partition coefficient (Wildman–Crippen LogP) is 2.09. The SMILES string of the molecule is CCc1nc(NN)cc(Nc2cc(OC)cc(OC)c2)n1. The Morgan fingerprint density at radius 3 is 2.14 bits per heavy atom. The lowest BCUT2D eigenvalue weighted by atomic mass is 10.2. The third-order valence-electron chi connectivity index (χ3n) is 2.86. The Hall–Kier alpha value is -2.54. The van der Waals surface area contributed by atoms with Crippen molar-refractivity contribution in [1.82, 2.24) is 9.97 Å². The molecule has 2 aromatic rings. The number of rotatable bonds is 6. The number of nitrogens with one attached hydrogen (secondary N) is 2. The van der Waals surface area contributed by atoms with E-state index in [2.05, 4.69) is 20.7 Å². The highest BCUT2D eigenvalue weighted by atomic mass is 16.5. The Kier molecular flexibility index (Phi) is 4.78. The number of aryl methyl sites for hydroxylation is 1. The van der Waals surface area contributed by atoms with E-state index in [0.717, 1.165) is 5.69 Å². The molecule has 21 heavy (non-hydrogen) atoms. The smallest absolute Gasteiger partial charge is 0.145 e. The Labute approximate surface area is 123 Å². The van der Waals surface area contributed by atoms with E-state index in [1.54, 1.807) is 26.4 Å². The minimum Gasteiger partial charge on any atom is -0.497 e. The van der Waals surface area contributed by atoms with Gasteiger partial charge in [0.2, 0.25) is 0 Å². The molecule has 0 saturated heterocycles. The minimum absolute atomic E-state index is 0.555. The van der Waals surface area contributed by atoms with Gasteiger partial charge in [0, 0.05) is 36.4 Å². The van der Waals surface area contributed by atoms with Gasteiger partial charge in [-0.1, -0.05) is 6.92 Å². The van der Waals surface area contributed by atoms with Crippen LogP contribution in [0, 0.1) is 0 Å². The molecule has 0 spiro atoms. The quantitative estimate of drug-likeness (QED) is 0.553. The van der Waals surface area contributed by atoms with Crippen molar-refractivity contribution in [1.29, 1.82) is 0 Å². The number of anilines is 3. The zero-order valence-electron chi connectivity index (χ0n) is 12.3. The van der Waals surface area contributed by atoms with Crippen LogP contribution < -0.4 is 26.1 Å². The summed E-state index contributed by atoms with van der Waals surface area (Å²) in [7, 11) is 3.21. The first kappa shape index (κ1) is 14.9. The summed E-state index contributed by atoms with van der Waals surface area (Å²) in [6.45, 7) is 1.98. The monoisotopic (exact) mass is 289 g/mol. The Balaban J connectivity index is 2.32. The second kappa shape index (κ2) is 6.76. The molecule has 0 amide bonds. The van der Waals surface area contributed by atoms with Crippen LogP contribution in [-0.4, -0.2) is 24.2 Å². The molecule has 0 fully saturated rings. The Bertz CT molecular complexity index is 520. The number of hydrogen-bond acceptors (Lipinski definition) is 7. The molecular formula is C14H19N5O2. The zero-order chi connectivity index (χ0) is 15.2. The fourth-order valence-electron chi connectivity index (χ4n) is 1.82. The fraction of sp³-hybridized carbons (Fsp3) is 0.286. The van der Waals surface area contributed by atoms with E-state index in [4.69, 9.17) is 15.3 Å². The van der Waals surface area contributed by atoms with Crippen LogP contribution in [-0.2, 0) is 6.42 Å². The topological polar surface area (TPSA) is 94.3 Å². The van der Waals surface area contributed by atoms with Gasteiger partial charge < -0.3 is 20.2 Å². The number of ether oxygens (including phenoxy) is 2. The van der Waals surface area contributed by atoms with Crippen molar-refractivity contribution in [2.75, 3.05) is 25.0 Å². The molecule has 7 nitrogen and oxygen atoms in total. The largest absolute Gasteiger partial charge is 0.497 e. The second-order valence-corrected chi connectivity index (χ2v) is 4.28. The molecule has 0 radical (unpaired) electrons. The van der Waals surface area contributed by atoms with Crippen LogP contribution in [0.25, 0.3) is 0 Å². The highest BCUT2D eigenvalue weighted by molar-refractivity contribution is 5.63. The first-order valence-corrected chi connectivity index (χ1v) is 6.53. The van der Waals surface area contributed by atoms with Crippen LogP contribution in [0.2, 0.25) is 0 Å². The van der Waals surface area contributed by atoms with E-state index < -0.39 is 0 Å². The molecule has 0 unspecified atom stereocenters. The van der Waals surface area contributed by atoms with Gasteiger partial charge >= 0.3 is 0 Å². The van der Waals surface area contributed by atoms with Gasteiger partial charge in [0.15, 0.2) is 0 Å². The molecule has 0 aliphatic heterocycles. The molecule has 0 aliphatic rings. The van der Waals surface area contributed by atoms with Crippen LogP contribution in [0.1, 0.15) is 12.7 Å². The zero-order valence-corrected chi connectivity index (χ0v) is 12.3. The number of aromatic nitrogens is 2. The Morgan fingerprint density at radius 1 is 1.00 bits per heavy atom. The van der Waals surface area contributed by atoms with Crippen LogP contribution in [0.4, 0.5) is 17.3 Å². The number of benzene rings is 1. The molecule has 4 N–H and O–H groups in total. The van der Waals surface area contributed by atoms with Gasteiger partial charge in [-0.05, 0) is 0 Å². The minimum atomic E-state index is 0.555. The van der Waals surface area contributed by atoms with Gasteiger partial charge in [0.1, 0.15) is 29.0 Å². The summed E-state index contributed by atoms with van der Waals surface area (Å²) < 4.78 is 10.5. The van der Waals surface area contributed by atoms with Crippen LogP contribution >= 0.6 is 0 Å². The molecule has 0 saturated carbocycles. The van der Waals surface area contributed by atoms with E-state index in [-0.39, 0.29) is 0 Å². The highest BCUT2D eigenvalue weighted by Crippen LogP contribution is 2.28. The van der Waals surface area contributed by atoms with Gasteiger partial charge in [0.25, 0.3) is 0 Å². The summed E-state index contributed by atoms with van der Waals surface area (Å²) in [5.41, 5.74) is 3.33. The summed E-state index contributed by atoms with van der Waals surface area (Å²) >= 11 is 0. The van der Waals surface area contributed by atoms with Gasteiger partial charge in [-0.2, -0.15) is 0 Å². The van der Waals surface area contributed by atoms with E-state index in [1.807, 2.05) is 19.1 Å². The van der Waals surface area contributed by atoms with Gasteiger partial charge in [-0.15, -0.1) is 0 Å². The van der Waals surface area contributed by atoms with E-state index in [1.165, 1.54) is 0 Å². The van der Waals surface area contributed by atoms with Gasteiger partial charge in [-0.25, -0.2) is 15.8 Å². The Morgan fingerprint density at radius 2 is 1.62 bits per heavy atom. The third-order valence-corrected chi connectivity index (χ3v) is 2.86. The van der Waals surface area contributed by atoms with Crippen molar-refractivity contribution in [3.63, 3.8) is 0 Å². The van der Waals surface area contributed by atoms with Crippen molar-refractivity contribution in [2.45, 2.75) is 13.3 Å². The van der Waals surface area contributed by atoms with Crippen molar-refractivity contribution >= 4 is 17.3 Å². The third kappa shape index (κ3) is 3.73. The molecule has 7 heteroatoms. The fourth-order valence-corrected chi connectivity index (χ4v) is 1.82. The molecule has 2 rings (SSSR count). The maximum atomic E-state index is 5.42. The lowest BCUT2D eigenvalue weighted by Crippen LogP contribution is -2.11. The van der Waals surface area contributed by atoms with E-state index in [9.17, 15) is 0 Å². The normalized spacial score (nSPS) is 10.1. The number of hydrogen-bond donors (Lipinski definition) is 3. The molecule has 1 heterocycles. The van der Waals surface area contributed by atoms with Crippen LogP contribution in [0.15, 0.2) is 24.3 Å². The van der Waals surface area contributed by atoms with Crippen LogP contribution in [0.5, 0.6) is 11.5 Å². The summed E-state index contributed by atoms with van der Waals surface area (Å²) in [6, 6.07) is 7.23. The summed E-state index contributed by atoms with van der Waals surface area (Å²) in [4.78, 5) is 8.65. The molecule has 112 valence electrons. The molecule has 0 bridgehead atoms. The summed E-state index contributed by atoms with van der Waals surface area (Å²) in [6.07, 6.45) is 0.714. The maximum Gasteiger partial charge on any atom is 0.145 e. The maximum absolute atomic E-state index is 5.42. The van der Waals surface area contributed by atoms with Crippen molar-refractivity contribution < 1.29 is 9.47 Å². The number of nitrogens with two attached hydrogens (primary N) is 1. The summed E-state index contributed by atoms with van der Waals surface area (Å²) in [5.74, 6) is 8.70.